The summed E-state index contributed by atoms with van der Waals surface area (Å²) in [5, 5.41) is 10.2. The van der Waals surface area contributed by atoms with Crippen molar-refractivity contribution < 1.29 is 23.8 Å². The zero-order valence-electron chi connectivity index (χ0n) is 14.2. The minimum absolute atomic E-state index is 0.0385. The van der Waals surface area contributed by atoms with Gasteiger partial charge in [-0.15, -0.1) is 0 Å². The molecule has 0 atom stereocenters. The Morgan fingerprint density at radius 2 is 1.65 bits per heavy atom. The lowest BCUT2D eigenvalue weighted by Crippen LogP contribution is -2.31. The van der Waals surface area contributed by atoms with Gasteiger partial charge in [-0.3, -0.25) is 14.5 Å². The fourth-order valence-corrected chi connectivity index (χ4v) is 2.68. The Balaban J connectivity index is 1.81. The highest BCUT2D eigenvalue weighted by Gasteiger charge is 2.39. The molecule has 26 heavy (non-hydrogen) atoms. The zero-order chi connectivity index (χ0) is 18.7. The Morgan fingerprint density at radius 3 is 2.27 bits per heavy atom. The van der Waals surface area contributed by atoms with Crippen molar-refractivity contribution in [2.24, 2.45) is 0 Å². The smallest absolute Gasteiger partial charge is 0.296 e. The third kappa shape index (κ3) is 3.44. The zero-order valence-corrected chi connectivity index (χ0v) is 14.2. The van der Waals surface area contributed by atoms with Crippen LogP contribution in [0.2, 0.25) is 0 Å². The number of carbonyl (C=O) groups is 2. The maximum atomic E-state index is 13.0. The van der Waals surface area contributed by atoms with Crippen LogP contribution in [0.5, 0.6) is 5.75 Å². The quantitative estimate of drug-likeness (QED) is 0.806. The lowest BCUT2D eigenvalue weighted by Gasteiger charge is -2.14. The van der Waals surface area contributed by atoms with Gasteiger partial charge >= 0.3 is 0 Å². The number of imide groups is 1. The molecule has 0 spiro atoms. The number of rotatable bonds is 6. The number of hydrogen-bond donors (Lipinski definition) is 1. The number of ether oxygens (including phenoxy) is 1. The Hall–Kier alpha value is -3.15. The Morgan fingerprint density at radius 1 is 1.00 bits per heavy atom. The van der Waals surface area contributed by atoms with Gasteiger partial charge in [-0.05, 0) is 41.8 Å². The molecular formula is C20H18FNO4. The highest BCUT2D eigenvalue weighted by molar-refractivity contribution is 6.34. The van der Waals surface area contributed by atoms with Crippen molar-refractivity contribution in [2.45, 2.75) is 19.9 Å². The van der Waals surface area contributed by atoms with Gasteiger partial charge in [-0.2, -0.15) is 0 Å². The summed E-state index contributed by atoms with van der Waals surface area (Å²) in [5.74, 6) is -1.69. The predicted octanol–water partition coefficient (Wildman–Crippen LogP) is 3.45. The first kappa shape index (κ1) is 17.7. The summed E-state index contributed by atoms with van der Waals surface area (Å²) >= 11 is 0. The number of amides is 2. The summed E-state index contributed by atoms with van der Waals surface area (Å²) in [6.45, 7) is 2.54. The number of benzene rings is 2. The molecule has 1 aliphatic heterocycles. The fourth-order valence-electron chi connectivity index (χ4n) is 2.68. The molecule has 6 heteroatoms. The summed E-state index contributed by atoms with van der Waals surface area (Å²) in [5.41, 5.74) is 0.982. The number of aliphatic hydroxyl groups excluding tert-OH is 1. The van der Waals surface area contributed by atoms with Crippen LogP contribution in [0, 0.1) is 5.82 Å². The molecule has 5 nitrogen and oxygen atoms in total. The molecule has 0 saturated carbocycles. The maximum Gasteiger partial charge on any atom is 0.296 e. The molecule has 134 valence electrons. The average molecular weight is 355 g/mol. The van der Waals surface area contributed by atoms with E-state index in [0.717, 1.165) is 11.3 Å². The van der Waals surface area contributed by atoms with Gasteiger partial charge in [0.2, 0.25) is 0 Å². The Labute approximate surface area is 150 Å². The van der Waals surface area contributed by atoms with Crippen molar-refractivity contribution >= 4 is 17.4 Å². The van der Waals surface area contributed by atoms with Crippen molar-refractivity contribution in [3.63, 3.8) is 0 Å². The molecule has 0 radical (unpaired) electrons. The van der Waals surface area contributed by atoms with E-state index in [1.54, 1.807) is 24.3 Å². The standard InChI is InChI=1S/C20H18FNO4/c1-2-11-26-16-9-5-14(6-10-16)17-18(23)20(25)22(19(17)24)12-13-3-7-15(21)8-4-13/h3-10,23H,2,11-12H2,1H3. The predicted molar refractivity (Wildman–Crippen MR) is 93.7 cm³/mol. The number of halogens is 1. The molecule has 2 amide bonds. The van der Waals surface area contributed by atoms with Gasteiger partial charge in [-0.1, -0.05) is 31.2 Å². The van der Waals surface area contributed by atoms with Gasteiger partial charge in [0, 0.05) is 0 Å². The molecule has 0 unspecified atom stereocenters. The lowest BCUT2D eigenvalue weighted by molar-refractivity contribution is -0.138. The molecule has 0 bridgehead atoms. The Kier molecular flexibility index (Phi) is 5.02. The van der Waals surface area contributed by atoms with E-state index in [4.69, 9.17) is 4.74 Å². The largest absolute Gasteiger partial charge is 0.502 e. The van der Waals surface area contributed by atoms with Crippen LogP contribution in [-0.4, -0.2) is 28.4 Å². The van der Waals surface area contributed by atoms with E-state index >= 15 is 0 Å². The molecule has 1 N–H and O–H groups in total. The van der Waals surface area contributed by atoms with Gasteiger partial charge in [0.25, 0.3) is 11.8 Å². The van der Waals surface area contributed by atoms with Gasteiger partial charge < -0.3 is 9.84 Å². The summed E-state index contributed by atoms with van der Waals surface area (Å²) in [7, 11) is 0. The normalized spacial score (nSPS) is 14.3. The van der Waals surface area contributed by atoms with E-state index in [1.807, 2.05) is 6.92 Å². The highest BCUT2D eigenvalue weighted by atomic mass is 19.1. The summed E-state index contributed by atoms with van der Waals surface area (Å²) in [4.78, 5) is 25.9. The number of carbonyl (C=O) groups excluding carboxylic acids is 2. The van der Waals surface area contributed by atoms with E-state index in [1.165, 1.54) is 24.3 Å². The second kappa shape index (κ2) is 7.39. The summed E-state index contributed by atoms with van der Waals surface area (Å²) in [6, 6.07) is 12.1. The van der Waals surface area contributed by atoms with E-state index < -0.39 is 23.4 Å². The molecule has 1 aliphatic rings. The SMILES string of the molecule is CCCOc1ccc(C2=C(O)C(=O)N(Cc3ccc(F)cc3)C2=O)cc1. The van der Waals surface area contributed by atoms with Crippen molar-refractivity contribution in [1.29, 1.82) is 0 Å². The van der Waals surface area contributed by atoms with Crippen LogP contribution in [0.3, 0.4) is 0 Å². The minimum atomic E-state index is -0.763. The molecule has 0 saturated heterocycles. The van der Waals surface area contributed by atoms with Gasteiger partial charge in [0.1, 0.15) is 11.6 Å². The van der Waals surface area contributed by atoms with Gasteiger partial charge in [0.15, 0.2) is 5.76 Å². The van der Waals surface area contributed by atoms with Crippen LogP contribution in [0.25, 0.3) is 5.57 Å². The van der Waals surface area contributed by atoms with Crippen LogP contribution in [0.4, 0.5) is 4.39 Å². The molecule has 2 aromatic rings. The monoisotopic (exact) mass is 355 g/mol. The third-order valence-electron chi connectivity index (χ3n) is 4.01. The number of nitrogens with zero attached hydrogens (tertiary/aromatic N) is 1. The number of aliphatic hydroxyl groups is 1. The summed E-state index contributed by atoms with van der Waals surface area (Å²) < 4.78 is 18.5. The van der Waals surface area contributed by atoms with E-state index in [-0.39, 0.29) is 12.1 Å². The molecule has 1 heterocycles. The number of hydrogen-bond acceptors (Lipinski definition) is 4. The maximum absolute atomic E-state index is 13.0. The van der Waals surface area contributed by atoms with Crippen LogP contribution >= 0.6 is 0 Å². The van der Waals surface area contributed by atoms with Crippen LogP contribution in [0.15, 0.2) is 54.3 Å². The van der Waals surface area contributed by atoms with Gasteiger partial charge in [0.05, 0.1) is 18.7 Å². The van der Waals surface area contributed by atoms with Crippen molar-refractivity contribution in [2.75, 3.05) is 6.61 Å². The molecule has 0 aliphatic carbocycles. The van der Waals surface area contributed by atoms with Crippen LogP contribution in [-0.2, 0) is 16.1 Å². The van der Waals surface area contributed by atoms with Gasteiger partial charge in [-0.25, -0.2) is 4.39 Å². The van der Waals surface area contributed by atoms with Crippen molar-refractivity contribution in [3.05, 3.63) is 71.2 Å². The first-order valence-corrected chi connectivity index (χ1v) is 8.28. The van der Waals surface area contributed by atoms with Crippen LogP contribution in [0.1, 0.15) is 24.5 Å². The lowest BCUT2D eigenvalue weighted by atomic mass is 10.1. The molecule has 0 fully saturated rings. The van der Waals surface area contributed by atoms with E-state index in [9.17, 15) is 19.1 Å². The second-order valence-electron chi connectivity index (χ2n) is 5.92. The first-order chi connectivity index (χ1) is 12.5. The van der Waals surface area contributed by atoms with Crippen molar-refractivity contribution in [3.8, 4) is 5.75 Å². The Bertz CT molecular complexity index is 856. The molecule has 3 rings (SSSR count). The van der Waals surface area contributed by atoms with E-state index in [2.05, 4.69) is 0 Å². The van der Waals surface area contributed by atoms with E-state index in [0.29, 0.717) is 23.5 Å². The highest BCUT2D eigenvalue weighted by Crippen LogP contribution is 2.30. The van der Waals surface area contributed by atoms with Crippen LogP contribution < -0.4 is 4.74 Å². The average Bonchev–Trinajstić information content (AvgIpc) is 2.86. The molecule has 2 aromatic carbocycles. The second-order valence-corrected chi connectivity index (χ2v) is 5.92. The third-order valence-corrected chi connectivity index (χ3v) is 4.01. The molecular weight excluding hydrogens is 337 g/mol. The summed E-state index contributed by atoms with van der Waals surface area (Å²) in [6.07, 6.45) is 0.874. The molecule has 0 aromatic heterocycles. The van der Waals surface area contributed by atoms with Crippen molar-refractivity contribution in [1.82, 2.24) is 4.90 Å². The first-order valence-electron chi connectivity index (χ1n) is 8.28. The topological polar surface area (TPSA) is 66.8 Å². The fraction of sp³-hybridized carbons (Fsp3) is 0.200. The minimum Gasteiger partial charge on any atom is -0.502 e.